The average Bonchev–Trinajstić information content (AvgIpc) is 2.83. The monoisotopic (exact) mass is 495 g/mol. The van der Waals surface area contributed by atoms with Gasteiger partial charge in [-0.1, -0.05) is 30.3 Å². The van der Waals surface area contributed by atoms with Crippen LogP contribution < -0.4 is 19.5 Å². The molecule has 0 atom stereocenters. The van der Waals surface area contributed by atoms with E-state index in [4.69, 9.17) is 14.2 Å². The third-order valence-corrected chi connectivity index (χ3v) is 6.05. The summed E-state index contributed by atoms with van der Waals surface area (Å²) in [5, 5.41) is 2.73. The highest BCUT2D eigenvalue weighted by Gasteiger charge is 2.11. The Morgan fingerprint density at radius 1 is 0.914 bits per heavy atom. The largest absolute Gasteiger partial charge is 0.490 e. The topological polar surface area (TPSA) is 90.9 Å². The van der Waals surface area contributed by atoms with Gasteiger partial charge in [0.25, 0.3) is 0 Å². The Labute approximate surface area is 206 Å². The Hall–Kier alpha value is -3.78. The van der Waals surface area contributed by atoms with E-state index < -0.39 is 9.84 Å². The van der Waals surface area contributed by atoms with Crippen LogP contribution in [-0.2, 0) is 14.6 Å². The van der Waals surface area contributed by atoms with E-state index in [9.17, 15) is 13.2 Å². The van der Waals surface area contributed by atoms with Gasteiger partial charge in [0.15, 0.2) is 21.3 Å². The van der Waals surface area contributed by atoms with Crippen molar-refractivity contribution in [1.29, 1.82) is 0 Å². The van der Waals surface area contributed by atoms with E-state index in [1.54, 1.807) is 31.2 Å². The van der Waals surface area contributed by atoms with Gasteiger partial charge in [-0.05, 0) is 67.4 Å². The second-order valence-corrected chi connectivity index (χ2v) is 9.74. The van der Waals surface area contributed by atoms with Crippen LogP contribution in [-0.4, -0.2) is 40.4 Å². The molecule has 0 unspecified atom stereocenters. The molecule has 8 heteroatoms. The van der Waals surface area contributed by atoms with Crippen molar-refractivity contribution in [2.45, 2.75) is 18.7 Å². The summed E-state index contributed by atoms with van der Waals surface area (Å²) in [4.78, 5) is 12.6. The fourth-order valence-electron chi connectivity index (χ4n) is 3.16. The van der Waals surface area contributed by atoms with Crippen LogP contribution in [0.2, 0.25) is 0 Å². The molecule has 0 aliphatic heterocycles. The molecule has 0 aliphatic carbocycles. The molecule has 0 saturated heterocycles. The zero-order valence-electron chi connectivity index (χ0n) is 20.0. The highest BCUT2D eigenvalue weighted by atomic mass is 32.2. The van der Waals surface area contributed by atoms with E-state index in [1.807, 2.05) is 43.3 Å². The Kier molecular flexibility index (Phi) is 8.92. The van der Waals surface area contributed by atoms with Crippen molar-refractivity contribution in [2.75, 3.05) is 31.4 Å². The van der Waals surface area contributed by atoms with E-state index >= 15 is 0 Å². The summed E-state index contributed by atoms with van der Waals surface area (Å²) in [5.41, 5.74) is 1.95. The van der Waals surface area contributed by atoms with E-state index in [0.29, 0.717) is 37.0 Å². The van der Waals surface area contributed by atoms with Gasteiger partial charge in [-0.3, -0.25) is 4.79 Å². The van der Waals surface area contributed by atoms with Crippen molar-refractivity contribution in [3.8, 4) is 17.2 Å². The SMILES string of the molecule is CCOc1cc(/C=C/C(=O)Nc2cc(S(C)(=O)=O)ccc2C)ccc1OCCOc1ccccc1. The van der Waals surface area contributed by atoms with Crippen LogP contribution in [0.3, 0.4) is 0 Å². The fourth-order valence-corrected chi connectivity index (χ4v) is 3.80. The highest BCUT2D eigenvalue weighted by Crippen LogP contribution is 2.29. The Morgan fingerprint density at radius 3 is 2.37 bits per heavy atom. The fraction of sp³-hybridized carbons (Fsp3) is 0.222. The molecule has 1 N–H and O–H groups in total. The van der Waals surface area contributed by atoms with Crippen molar-refractivity contribution in [1.82, 2.24) is 0 Å². The van der Waals surface area contributed by atoms with Crippen molar-refractivity contribution >= 4 is 27.5 Å². The number of benzene rings is 3. The normalized spacial score (nSPS) is 11.3. The van der Waals surface area contributed by atoms with Crippen LogP contribution in [0.4, 0.5) is 5.69 Å². The standard InChI is InChI=1S/C27H29NO6S/c1-4-32-26-18-21(11-14-25(26)34-17-16-33-22-8-6-5-7-9-22)12-15-27(29)28-24-19-23(35(3,30)31)13-10-20(24)2/h5-15,18-19H,4,16-17H2,1-3H3,(H,28,29)/b15-12+. The summed E-state index contributed by atoms with van der Waals surface area (Å²) in [6, 6.07) is 19.5. The number of hydrogen-bond donors (Lipinski definition) is 1. The summed E-state index contributed by atoms with van der Waals surface area (Å²) in [5.74, 6) is 1.54. The molecule has 7 nitrogen and oxygen atoms in total. The molecule has 0 spiro atoms. The van der Waals surface area contributed by atoms with Gasteiger partial charge in [0, 0.05) is 18.0 Å². The molecular formula is C27H29NO6S. The van der Waals surface area contributed by atoms with E-state index in [-0.39, 0.29) is 10.8 Å². The zero-order valence-corrected chi connectivity index (χ0v) is 20.8. The second kappa shape index (κ2) is 12.1. The van der Waals surface area contributed by atoms with Crippen LogP contribution in [0.5, 0.6) is 17.2 Å². The van der Waals surface area contributed by atoms with Gasteiger partial charge < -0.3 is 19.5 Å². The lowest BCUT2D eigenvalue weighted by atomic mass is 10.1. The molecule has 0 aliphatic rings. The molecule has 3 aromatic carbocycles. The van der Waals surface area contributed by atoms with Crippen molar-refractivity contribution in [2.24, 2.45) is 0 Å². The number of carbonyl (C=O) groups is 1. The summed E-state index contributed by atoms with van der Waals surface area (Å²) >= 11 is 0. The van der Waals surface area contributed by atoms with Gasteiger partial charge in [-0.25, -0.2) is 8.42 Å². The molecule has 0 saturated carbocycles. The first kappa shape index (κ1) is 25.8. The number of aryl methyl sites for hydroxylation is 1. The average molecular weight is 496 g/mol. The molecule has 184 valence electrons. The number of rotatable bonds is 11. The molecular weight excluding hydrogens is 466 g/mol. The number of nitrogens with one attached hydrogen (secondary N) is 1. The number of anilines is 1. The van der Waals surface area contributed by atoms with Crippen molar-refractivity contribution < 1.29 is 27.4 Å². The summed E-state index contributed by atoms with van der Waals surface area (Å²) in [6.07, 6.45) is 4.16. The van der Waals surface area contributed by atoms with Crippen molar-refractivity contribution in [3.63, 3.8) is 0 Å². The van der Waals surface area contributed by atoms with E-state index in [1.165, 1.54) is 18.2 Å². The van der Waals surface area contributed by atoms with Crippen LogP contribution in [0, 0.1) is 6.92 Å². The van der Waals surface area contributed by atoms with Gasteiger partial charge in [-0.2, -0.15) is 0 Å². The maximum absolute atomic E-state index is 12.5. The molecule has 1 amide bonds. The Bertz CT molecular complexity index is 1290. The first-order chi connectivity index (χ1) is 16.8. The number of sulfone groups is 1. The lowest BCUT2D eigenvalue weighted by Crippen LogP contribution is -2.10. The maximum atomic E-state index is 12.5. The van der Waals surface area contributed by atoms with E-state index in [2.05, 4.69) is 5.32 Å². The maximum Gasteiger partial charge on any atom is 0.248 e. The van der Waals surface area contributed by atoms with Gasteiger partial charge >= 0.3 is 0 Å². The molecule has 3 aromatic rings. The van der Waals surface area contributed by atoms with Gasteiger partial charge in [0.1, 0.15) is 19.0 Å². The molecule has 35 heavy (non-hydrogen) atoms. The first-order valence-electron chi connectivity index (χ1n) is 11.1. The third-order valence-electron chi connectivity index (χ3n) is 4.94. The van der Waals surface area contributed by atoms with Crippen LogP contribution in [0.1, 0.15) is 18.1 Å². The lowest BCUT2D eigenvalue weighted by Gasteiger charge is -2.13. The van der Waals surface area contributed by atoms with Crippen molar-refractivity contribution in [3.05, 3.63) is 83.9 Å². The van der Waals surface area contributed by atoms with Crippen LogP contribution in [0.25, 0.3) is 6.08 Å². The lowest BCUT2D eigenvalue weighted by molar-refractivity contribution is -0.111. The highest BCUT2D eigenvalue weighted by molar-refractivity contribution is 7.90. The van der Waals surface area contributed by atoms with Gasteiger partial charge in [0.2, 0.25) is 5.91 Å². The zero-order chi connectivity index (χ0) is 25.3. The quantitative estimate of drug-likeness (QED) is 0.300. The number of hydrogen-bond acceptors (Lipinski definition) is 6. The Morgan fingerprint density at radius 2 is 1.66 bits per heavy atom. The summed E-state index contributed by atoms with van der Waals surface area (Å²) < 4.78 is 40.8. The number of para-hydroxylation sites is 1. The molecule has 0 bridgehead atoms. The number of amides is 1. The predicted molar refractivity (Wildman–Crippen MR) is 137 cm³/mol. The summed E-state index contributed by atoms with van der Waals surface area (Å²) in [7, 11) is -3.37. The third kappa shape index (κ3) is 7.89. The molecule has 0 fully saturated rings. The minimum Gasteiger partial charge on any atom is -0.490 e. The van der Waals surface area contributed by atoms with Gasteiger partial charge in [-0.15, -0.1) is 0 Å². The van der Waals surface area contributed by atoms with Crippen LogP contribution in [0.15, 0.2) is 77.7 Å². The Balaban J connectivity index is 1.62. The molecule has 0 heterocycles. The van der Waals surface area contributed by atoms with Crippen LogP contribution >= 0.6 is 0 Å². The molecule has 3 rings (SSSR count). The minimum atomic E-state index is -3.37. The predicted octanol–water partition coefficient (Wildman–Crippen LogP) is 4.91. The molecule has 0 radical (unpaired) electrons. The molecule has 0 aromatic heterocycles. The number of ether oxygens (including phenoxy) is 3. The second-order valence-electron chi connectivity index (χ2n) is 7.72. The van der Waals surface area contributed by atoms with Gasteiger partial charge in [0.05, 0.1) is 11.5 Å². The minimum absolute atomic E-state index is 0.147. The smallest absolute Gasteiger partial charge is 0.248 e. The summed E-state index contributed by atoms with van der Waals surface area (Å²) in [6.45, 7) is 4.87. The number of carbonyl (C=O) groups excluding carboxylic acids is 1. The van der Waals surface area contributed by atoms with E-state index in [0.717, 1.165) is 23.1 Å². The first-order valence-corrected chi connectivity index (χ1v) is 13.0.